The Labute approximate surface area is 116 Å². The number of nitrogens with two attached hydrogens (primary N) is 1. The molecule has 0 bridgehead atoms. The minimum atomic E-state index is -0.112. The number of rotatable bonds is 4. The molecule has 0 aromatic heterocycles. The highest BCUT2D eigenvalue weighted by molar-refractivity contribution is 9.10. The molecule has 100 valence electrons. The maximum absolute atomic E-state index is 13.7. The van der Waals surface area contributed by atoms with E-state index >= 15 is 0 Å². The van der Waals surface area contributed by atoms with E-state index in [-0.39, 0.29) is 5.82 Å². The van der Waals surface area contributed by atoms with Crippen LogP contribution < -0.4 is 5.73 Å². The van der Waals surface area contributed by atoms with E-state index < -0.39 is 0 Å². The molecule has 1 unspecified atom stereocenters. The van der Waals surface area contributed by atoms with Gasteiger partial charge in [0.15, 0.2) is 0 Å². The lowest BCUT2D eigenvalue weighted by Crippen LogP contribution is -2.35. The third kappa shape index (κ3) is 3.77. The van der Waals surface area contributed by atoms with Crippen molar-refractivity contribution in [3.8, 4) is 0 Å². The van der Waals surface area contributed by atoms with Crippen LogP contribution in [-0.4, -0.2) is 24.5 Å². The Morgan fingerprint density at radius 3 is 3.06 bits per heavy atom. The fourth-order valence-corrected chi connectivity index (χ4v) is 3.08. The topological polar surface area (TPSA) is 29.3 Å². The highest BCUT2D eigenvalue weighted by atomic mass is 79.9. The molecule has 0 radical (unpaired) electrons. The Balaban J connectivity index is 1.98. The fourth-order valence-electron chi connectivity index (χ4n) is 2.67. The molecule has 1 heterocycles. The number of hydrogen-bond donors (Lipinski definition) is 1. The first-order valence-corrected chi connectivity index (χ1v) is 7.34. The van der Waals surface area contributed by atoms with Crippen molar-refractivity contribution in [3.63, 3.8) is 0 Å². The second kappa shape index (κ2) is 6.64. The van der Waals surface area contributed by atoms with E-state index in [1.54, 1.807) is 6.07 Å². The van der Waals surface area contributed by atoms with Crippen molar-refractivity contribution in [1.29, 1.82) is 0 Å². The van der Waals surface area contributed by atoms with Crippen LogP contribution in [0.15, 0.2) is 22.7 Å². The summed E-state index contributed by atoms with van der Waals surface area (Å²) in [5, 5.41) is 0. The third-order valence-corrected chi connectivity index (χ3v) is 4.07. The number of halogens is 2. The molecule has 1 aromatic rings. The van der Waals surface area contributed by atoms with Gasteiger partial charge in [-0.3, -0.25) is 4.90 Å². The number of nitrogens with zero attached hydrogens (tertiary/aromatic N) is 1. The standard InChI is InChI=1S/C14H20BrFN2/c15-13-3-4-14(16)12(8-13)10-18-7-1-2-11(9-18)5-6-17/h3-4,8,11H,1-2,5-7,9-10,17H2. The van der Waals surface area contributed by atoms with Crippen molar-refractivity contribution in [2.24, 2.45) is 11.7 Å². The maximum atomic E-state index is 13.7. The summed E-state index contributed by atoms with van der Waals surface area (Å²) in [5.74, 6) is 0.568. The van der Waals surface area contributed by atoms with Gasteiger partial charge in [-0.05, 0) is 56.5 Å². The molecule has 1 fully saturated rings. The van der Waals surface area contributed by atoms with Crippen molar-refractivity contribution in [2.75, 3.05) is 19.6 Å². The normalized spacial score (nSPS) is 21.2. The van der Waals surface area contributed by atoms with Crippen molar-refractivity contribution in [3.05, 3.63) is 34.1 Å². The molecule has 2 rings (SSSR count). The molecule has 1 aliphatic rings. The Kier molecular flexibility index (Phi) is 5.15. The summed E-state index contributed by atoms with van der Waals surface area (Å²) < 4.78 is 14.6. The van der Waals surface area contributed by atoms with E-state index in [0.717, 1.165) is 36.1 Å². The van der Waals surface area contributed by atoms with Gasteiger partial charge in [0, 0.05) is 23.1 Å². The Bertz CT molecular complexity index is 395. The number of likely N-dealkylation sites (tertiary alicyclic amines) is 1. The van der Waals surface area contributed by atoms with Gasteiger partial charge in [-0.25, -0.2) is 4.39 Å². The van der Waals surface area contributed by atoms with Crippen LogP contribution in [0, 0.1) is 11.7 Å². The van der Waals surface area contributed by atoms with Crippen molar-refractivity contribution < 1.29 is 4.39 Å². The van der Waals surface area contributed by atoms with Crippen LogP contribution in [-0.2, 0) is 6.54 Å². The van der Waals surface area contributed by atoms with Crippen molar-refractivity contribution >= 4 is 15.9 Å². The number of hydrogen-bond acceptors (Lipinski definition) is 2. The summed E-state index contributed by atoms with van der Waals surface area (Å²) in [6.07, 6.45) is 3.53. The summed E-state index contributed by atoms with van der Waals surface area (Å²) >= 11 is 3.40. The Hall–Kier alpha value is -0.450. The van der Waals surface area contributed by atoms with Gasteiger partial charge in [-0.2, -0.15) is 0 Å². The summed E-state index contributed by atoms with van der Waals surface area (Å²) in [5.41, 5.74) is 6.39. The van der Waals surface area contributed by atoms with Gasteiger partial charge in [0.25, 0.3) is 0 Å². The van der Waals surface area contributed by atoms with E-state index in [9.17, 15) is 4.39 Å². The minimum absolute atomic E-state index is 0.112. The Morgan fingerprint density at radius 2 is 2.28 bits per heavy atom. The smallest absolute Gasteiger partial charge is 0.127 e. The molecule has 0 spiro atoms. The predicted octanol–water partition coefficient (Wildman–Crippen LogP) is 3.15. The van der Waals surface area contributed by atoms with E-state index in [4.69, 9.17) is 5.73 Å². The molecule has 18 heavy (non-hydrogen) atoms. The van der Waals surface area contributed by atoms with Gasteiger partial charge in [0.1, 0.15) is 5.82 Å². The van der Waals surface area contributed by atoms with Crippen LogP contribution in [0.4, 0.5) is 4.39 Å². The second-order valence-corrected chi connectivity index (χ2v) is 5.97. The highest BCUT2D eigenvalue weighted by Gasteiger charge is 2.20. The lowest BCUT2D eigenvalue weighted by atomic mass is 9.94. The minimum Gasteiger partial charge on any atom is -0.330 e. The summed E-state index contributed by atoms with van der Waals surface area (Å²) in [7, 11) is 0. The summed E-state index contributed by atoms with van der Waals surface area (Å²) in [6.45, 7) is 3.56. The van der Waals surface area contributed by atoms with Gasteiger partial charge < -0.3 is 5.73 Å². The van der Waals surface area contributed by atoms with Crippen LogP contribution in [0.5, 0.6) is 0 Å². The van der Waals surface area contributed by atoms with Crippen LogP contribution in [0.2, 0.25) is 0 Å². The zero-order chi connectivity index (χ0) is 13.0. The molecule has 2 nitrogen and oxygen atoms in total. The van der Waals surface area contributed by atoms with Crippen LogP contribution in [0.1, 0.15) is 24.8 Å². The van der Waals surface area contributed by atoms with Crippen LogP contribution in [0.3, 0.4) is 0 Å². The van der Waals surface area contributed by atoms with Crippen molar-refractivity contribution in [1.82, 2.24) is 4.90 Å². The monoisotopic (exact) mass is 314 g/mol. The van der Waals surface area contributed by atoms with Gasteiger partial charge in [0.05, 0.1) is 0 Å². The average Bonchev–Trinajstić information content (AvgIpc) is 2.35. The zero-order valence-electron chi connectivity index (χ0n) is 10.5. The molecule has 1 aliphatic heterocycles. The molecular formula is C14H20BrFN2. The van der Waals surface area contributed by atoms with Crippen LogP contribution in [0.25, 0.3) is 0 Å². The molecule has 0 aliphatic carbocycles. The fraction of sp³-hybridized carbons (Fsp3) is 0.571. The van der Waals surface area contributed by atoms with Crippen LogP contribution >= 0.6 is 15.9 Å². The molecule has 1 aromatic carbocycles. The lowest BCUT2D eigenvalue weighted by molar-refractivity contribution is 0.161. The maximum Gasteiger partial charge on any atom is 0.127 e. The SMILES string of the molecule is NCCC1CCCN(Cc2cc(Br)ccc2F)C1. The molecular weight excluding hydrogens is 295 g/mol. The molecule has 0 amide bonds. The van der Waals surface area contributed by atoms with E-state index in [1.165, 1.54) is 18.9 Å². The van der Waals surface area contributed by atoms with Gasteiger partial charge >= 0.3 is 0 Å². The molecule has 2 N–H and O–H groups in total. The first kappa shape index (κ1) is 14.0. The first-order valence-electron chi connectivity index (χ1n) is 6.55. The van der Waals surface area contributed by atoms with Gasteiger partial charge in [0.2, 0.25) is 0 Å². The predicted molar refractivity (Wildman–Crippen MR) is 75.8 cm³/mol. The molecule has 0 saturated carbocycles. The Morgan fingerprint density at radius 1 is 1.44 bits per heavy atom. The zero-order valence-corrected chi connectivity index (χ0v) is 12.1. The number of benzene rings is 1. The average molecular weight is 315 g/mol. The van der Waals surface area contributed by atoms with E-state index in [1.807, 2.05) is 6.07 Å². The largest absolute Gasteiger partial charge is 0.330 e. The van der Waals surface area contributed by atoms with Crippen molar-refractivity contribution in [2.45, 2.75) is 25.8 Å². The highest BCUT2D eigenvalue weighted by Crippen LogP contribution is 2.23. The first-order chi connectivity index (χ1) is 8.69. The number of piperidine rings is 1. The summed E-state index contributed by atoms with van der Waals surface area (Å²) in [6, 6.07) is 5.15. The van der Waals surface area contributed by atoms with Gasteiger partial charge in [-0.15, -0.1) is 0 Å². The molecule has 1 atom stereocenters. The quantitative estimate of drug-likeness (QED) is 0.925. The van der Waals surface area contributed by atoms with E-state index in [0.29, 0.717) is 12.5 Å². The van der Waals surface area contributed by atoms with Gasteiger partial charge in [-0.1, -0.05) is 15.9 Å². The summed E-state index contributed by atoms with van der Waals surface area (Å²) in [4.78, 5) is 2.34. The third-order valence-electron chi connectivity index (χ3n) is 3.58. The second-order valence-electron chi connectivity index (χ2n) is 5.06. The molecule has 4 heteroatoms. The molecule has 1 saturated heterocycles. The van der Waals surface area contributed by atoms with E-state index in [2.05, 4.69) is 20.8 Å². The lowest BCUT2D eigenvalue weighted by Gasteiger charge is -2.32.